The van der Waals surface area contributed by atoms with Gasteiger partial charge in [-0.1, -0.05) is 24.3 Å². The fourth-order valence-electron chi connectivity index (χ4n) is 4.84. The van der Waals surface area contributed by atoms with Crippen molar-refractivity contribution in [2.24, 2.45) is 0 Å². The van der Waals surface area contributed by atoms with E-state index in [0.717, 1.165) is 46.0 Å². The van der Waals surface area contributed by atoms with Crippen molar-refractivity contribution in [2.75, 3.05) is 10.6 Å². The number of pyridine rings is 1. The highest BCUT2D eigenvalue weighted by Crippen LogP contribution is 2.40. The maximum absolute atomic E-state index is 15.3. The summed E-state index contributed by atoms with van der Waals surface area (Å²) in [4.78, 5) is 37.8. The van der Waals surface area contributed by atoms with Gasteiger partial charge in [-0.3, -0.25) is 9.59 Å². The summed E-state index contributed by atoms with van der Waals surface area (Å²) in [6, 6.07) is 19.6. The van der Waals surface area contributed by atoms with Gasteiger partial charge in [-0.2, -0.15) is 0 Å². The van der Waals surface area contributed by atoms with Crippen molar-refractivity contribution >= 4 is 34.2 Å². The lowest BCUT2D eigenvalue weighted by Crippen LogP contribution is -2.14. The third-order valence-electron chi connectivity index (χ3n) is 6.99. The molecular formula is C33H26FN5O2. The smallest absolute Gasteiger partial charge is 0.259 e. The summed E-state index contributed by atoms with van der Waals surface area (Å²) in [5.41, 5.74) is 5.37. The second-order valence-electron chi connectivity index (χ2n) is 9.95. The molecule has 0 spiro atoms. The first-order valence-corrected chi connectivity index (χ1v) is 13.3. The summed E-state index contributed by atoms with van der Waals surface area (Å²) < 4.78 is 15.3. The number of carbonyl (C=O) groups excluding carboxylic acids is 2. The number of halogens is 1. The van der Waals surface area contributed by atoms with Gasteiger partial charge in [0.2, 0.25) is 5.91 Å². The van der Waals surface area contributed by atoms with E-state index in [1.807, 2.05) is 48.5 Å². The molecule has 0 unspecified atom stereocenters. The summed E-state index contributed by atoms with van der Waals surface area (Å²) in [5.74, 6) is -0.499. The Hall–Kier alpha value is -5.24. The number of nitrogens with zero attached hydrogens (tertiary/aromatic N) is 3. The quantitative estimate of drug-likeness (QED) is 0.213. The number of hydrogen-bond acceptors (Lipinski definition) is 5. The Labute approximate surface area is 236 Å². The van der Waals surface area contributed by atoms with Gasteiger partial charge in [-0.25, -0.2) is 19.3 Å². The second kappa shape index (κ2) is 11.1. The number of fused-ring (bicyclic) bond motifs is 1. The van der Waals surface area contributed by atoms with Gasteiger partial charge in [0.05, 0.1) is 11.1 Å². The van der Waals surface area contributed by atoms with Gasteiger partial charge in [-0.05, 0) is 103 Å². The predicted octanol–water partition coefficient (Wildman–Crippen LogP) is 7.14. The molecule has 1 saturated carbocycles. The highest BCUT2D eigenvalue weighted by Gasteiger charge is 2.24. The number of carbonyl (C=O) groups is 2. The van der Waals surface area contributed by atoms with Crippen LogP contribution in [0.2, 0.25) is 0 Å². The fraction of sp³-hybridized carbons (Fsp3) is 0.121. The number of rotatable bonds is 7. The summed E-state index contributed by atoms with van der Waals surface area (Å²) >= 11 is 0. The molecule has 2 heterocycles. The van der Waals surface area contributed by atoms with Crippen LogP contribution in [0.4, 0.5) is 15.9 Å². The van der Waals surface area contributed by atoms with E-state index in [9.17, 15) is 9.59 Å². The summed E-state index contributed by atoms with van der Waals surface area (Å²) in [6.07, 6.45) is 10.2. The highest BCUT2D eigenvalue weighted by atomic mass is 19.1. The minimum Gasteiger partial charge on any atom is -0.323 e. The number of nitrogens with one attached hydrogen (secondary N) is 2. The van der Waals surface area contributed by atoms with Crippen LogP contribution in [-0.4, -0.2) is 26.8 Å². The van der Waals surface area contributed by atoms with Crippen molar-refractivity contribution in [2.45, 2.75) is 25.7 Å². The van der Waals surface area contributed by atoms with E-state index in [1.165, 1.54) is 24.5 Å². The molecule has 7 nitrogen and oxygen atoms in total. The first-order valence-electron chi connectivity index (χ1n) is 13.3. The molecule has 1 aliphatic carbocycles. The molecule has 2 aromatic heterocycles. The lowest BCUT2D eigenvalue weighted by molar-refractivity contribution is -0.111. The molecule has 1 fully saturated rings. The lowest BCUT2D eigenvalue weighted by atomic mass is 9.95. The van der Waals surface area contributed by atoms with Crippen LogP contribution in [0.1, 0.15) is 41.6 Å². The zero-order chi connectivity index (χ0) is 28.3. The van der Waals surface area contributed by atoms with Crippen molar-refractivity contribution in [3.05, 3.63) is 115 Å². The Bertz CT molecular complexity index is 1830. The minimum atomic E-state index is -0.641. The summed E-state index contributed by atoms with van der Waals surface area (Å²) in [7, 11) is 0. The first kappa shape index (κ1) is 26.0. The van der Waals surface area contributed by atoms with Gasteiger partial charge >= 0.3 is 0 Å². The highest BCUT2D eigenvalue weighted by molar-refractivity contribution is 6.05. The van der Waals surface area contributed by atoms with Gasteiger partial charge in [-0.15, -0.1) is 0 Å². The van der Waals surface area contributed by atoms with Crippen molar-refractivity contribution in [3.63, 3.8) is 0 Å². The maximum atomic E-state index is 15.3. The van der Waals surface area contributed by atoms with E-state index in [2.05, 4.69) is 25.6 Å². The van der Waals surface area contributed by atoms with Gasteiger partial charge in [0, 0.05) is 29.0 Å². The molecule has 0 radical (unpaired) electrons. The van der Waals surface area contributed by atoms with Crippen molar-refractivity contribution in [1.29, 1.82) is 0 Å². The van der Waals surface area contributed by atoms with E-state index in [-0.39, 0.29) is 11.5 Å². The van der Waals surface area contributed by atoms with E-state index in [4.69, 9.17) is 0 Å². The topological polar surface area (TPSA) is 96.9 Å². The molecule has 0 saturated heterocycles. The van der Waals surface area contributed by atoms with Gasteiger partial charge in [0.25, 0.3) is 5.91 Å². The molecule has 6 rings (SSSR count). The SMILES string of the molecule is C/C=C/C(=O)Nc1cccc(-c2cc(-c3ccc(C(=O)Nc4cc(C5CC5)ccn4)c(F)c3)cc3cncnc23)c1. The molecule has 0 aliphatic heterocycles. The molecule has 0 bridgehead atoms. The average molecular weight is 544 g/mol. The van der Waals surface area contributed by atoms with Crippen LogP contribution in [-0.2, 0) is 4.79 Å². The number of hydrogen-bond donors (Lipinski definition) is 2. The molecule has 2 N–H and O–H groups in total. The molecule has 2 amide bonds. The second-order valence-corrected chi connectivity index (χ2v) is 9.95. The van der Waals surface area contributed by atoms with E-state index in [0.29, 0.717) is 23.0 Å². The Balaban J connectivity index is 1.32. The van der Waals surface area contributed by atoms with Gasteiger partial charge in [0.1, 0.15) is 18.0 Å². The molecule has 1 aliphatic rings. The molecule has 5 aromatic rings. The van der Waals surface area contributed by atoms with Crippen molar-refractivity contribution in [1.82, 2.24) is 15.0 Å². The Morgan fingerprint density at radius 2 is 1.80 bits per heavy atom. The number of anilines is 2. The summed E-state index contributed by atoms with van der Waals surface area (Å²) in [5, 5.41) is 6.34. The lowest BCUT2D eigenvalue weighted by Gasteiger charge is -2.12. The van der Waals surface area contributed by atoms with Crippen molar-refractivity contribution in [3.8, 4) is 22.3 Å². The molecule has 0 atom stereocenters. The molecule has 3 aromatic carbocycles. The Morgan fingerprint density at radius 3 is 2.61 bits per heavy atom. The standard InChI is InChI=1S/C33H26FN5O2/c1-2-4-31(40)38-26-6-3-5-23(14-26)28-15-24(13-25-18-35-19-37-32(25)28)21-9-10-27(29(34)16-21)33(41)39-30-17-22(11-12-36-30)20-7-8-20/h2-6,9-20H,7-8H2,1H3,(H,38,40)(H,36,39,41)/b4-2+. The van der Waals surface area contributed by atoms with E-state index < -0.39 is 11.7 Å². The van der Waals surface area contributed by atoms with Crippen LogP contribution in [0.25, 0.3) is 33.2 Å². The van der Waals surface area contributed by atoms with Crippen LogP contribution < -0.4 is 10.6 Å². The van der Waals surface area contributed by atoms with Crippen LogP contribution in [0.5, 0.6) is 0 Å². The van der Waals surface area contributed by atoms with E-state index in [1.54, 1.807) is 31.5 Å². The van der Waals surface area contributed by atoms with Crippen LogP contribution in [0, 0.1) is 5.82 Å². The fourth-order valence-corrected chi connectivity index (χ4v) is 4.84. The Morgan fingerprint density at radius 1 is 0.927 bits per heavy atom. The zero-order valence-corrected chi connectivity index (χ0v) is 22.3. The van der Waals surface area contributed by atoms with Crippen LogP contribution in [0.15, 0.2) is 97.6 Å². The average Bonchev–Trinajstić information content (AvgIpc) is 3.83. The molecule has 202 valence electrons. The number of aromatic nitrogens is 3. The maximum Gasteiger partial charge on any atom is 0.259 e. The van der Waals surface area contributed by atoms with Crippen molar-refractivity contribution < 1.29 is 14.0 Å². The molecule has 41 heavy (non-hydrogen) atoms. The van der Waals surface area contributed by atoms with Crippen LogP contribution >= 0.6 is 0 Å². The normalized spacial score (nSPS) is 12.9. The third kappa shape index (κ3) is 5.72. The zero-order valence-electron chi connectivity index (χ0n) is 22.3. The van der Waals surface area contributed by atoms with E-state index >= 15 is 4.39 Å². The van der Waals surface area contributed by atoms with Gasteiger partial charge in [0.15, 0.2) is 0 Å². The summed E-state index contributed by atoms with van der Waals surface area (Å²) in [6.45, 7) is 1.78. The number of allylic oxidation sites excluding steroid dienone is 1. The Kier molecular flexibility index (Phi) is 7.04. The number of amides is 2. The minimum absolute atomic E-state index is 0.0682. The largest absolute Gasteiger partial charge is 0.323 e. The molecule has 8 heteroatoms. The predicted molar refractivity (Wildman–Crippen MR) is 158 cm³/mol. The third-order valence-corrected chi connectivity index (χ3v) is 6.99. The number of benzene rings is 3. The van der Waals surface area contributed by atoms with Gasteiger partial charge < -0.3 is 10.6 Å². The monoisotopic (exact) mass is 543 g/mol. The first-order chi connectivity index (χ1) is 20.0. The van der Waals surface area contributed by atoms with Crippen LogP contribution in [0.3, 0.4) is 0 Å². The molecular weight excluding hydrogens is 517 g/mol.